The molecule has 12 heavy (non-hydrogen) atoms. The Kier molecular flexibility index (Phi) is 20.3. The molecule has 0 aromatic heterocycles. The molecule has 0 nitrogen and oxygen atoms in total. The van der Waals surface area contributed by atoms with Gasteiger partial charge in [-0.25, -0.2) is 0 Å². The summed E-state index contributed by atoms with van der Waals surface area (Å²) in [6.07, 6.45) is 4.06. The summed E-state index contributed by atoms with van der Waals surface area (Å²) in [5.74, 6) is 1.82. The number of hydrogen-bond donors (Lipinski definition) is 0. The van der Waals surface area contributed by atoms with Gasteiger partial charge in [-0.05, 0) is 11.8 Å². The molecule has 0 bridgehead atoms. The maximum absolute atomic E-state index is 2.26. The summed E-state index contributed by atoms with van der Waals surface area (Å²) in [6.45, 7) is 13.3. The van der Waals surface area contributed by atoms with Gasteiger partial charge >= 0.3 is 0 Å². The third-order valence-electron chi connectivity index (χ3n) is 1.73. The molecule has 0 heterocycles. The van der Waals surface area contributed by atoms with E-state index < -0.39 is 0 Å². The van der Waals surface area contributed by atoms with Gasteiger partial charge in [0.05, 0.1) is 0 Å². The number of rotatable bonds is 3. The number of hydrogen-bond acceptors (Lipinski definition) is 0. The monoisotopic (exact) mass is 174 g/mol. The molecule has 0 rings (SSSR count). The van der Waals surface area contributed by atoms with Crippen LogP contribution in [0.4, 0.5) is 0 Å². The predicted molar refractivity (Wildman–Crippen MR) is 61.6 cm³/mol. The van der Waals surface area contributed by atoms with Gasteiger partial charge in [-0.1, -0.05) is 68.2 Å². The highest BCUT2D eigenvalue weighted by Gasteiger charge is 1.95. The Morgan fingerprint density at radius 1 is 0.750 bits per heavy atom. The molecule has 0 aliphatic heterocycles. The van der Waals surface area contributed by atoms with E-state index in [1.54, 1.807) is 0 Å². The molecule has 0 amide bonds. The van der Waals surface area contributed by atoms with E-state index in [1.807, 2.05) is 0 Å². The van der Waals surface area contributed by atoms with Crippen molar-refractivity contribution in [2.24, 2.45) is 11.8 Å². The van der Waals surface area contributed by atoms with Crippen molar-refractivity contribution >= 4 is 0 Å². The van der Waals surface area contributed by atoms with Gasteiger partial charge in [0.15, 0.2) is 0 Å². The molecule has 0 aliphatic rings. The van der Waals surface area contributed by atoms with Crippen molar-refractivity contribution in [1.82, 2.24) is 0 Å². The lowest BCUT2D eigenvalue weighted by atomic mass is 10.0. The highest BCUT2D eigenvalue weighted by Crippen LogP contribution is 2.09. The fraction of sp³-hybridized carbons (Fsp3) is 1.00. The lowest BCUT2D eigenvalue weighted by Gasteiger charge is -2.05. The molecule has 0 fully saturated rings. The minimum atomic E-state index is 0. The first-order chi connectivity index (χ1) is 5.08. The van der Waals surface area contributed by atoms with Crippen LogP contribution in [-0.2, 0) is 0 Å². The first kappa shape index (κ1) is 17.9. The summed E-state index contributed by atoms with van der Waals surface area (Å²) >= 11 is 0. The SMILES string of the molecule is C.CC(C)C.CCC(CC)CC. The summed E-state index contributed by atoms with van der Waals surface area (Å²) in [7, 11) is 0. The lowest BCUT2D eigenvalue weighted by molar-refractivity contribution is 0.477. The van der Waals surface area contributed by atoms with Crippen molar-refractivity contribution in [2.75, 3.05) is 0 Å². The van der Waals surface area contributed by atoms with Gasteiger partial charge in [-0.3, -0.25) is 0 Å². The van der Waals surface area contributed by atoms with Crippen LogP contribution in [-0.4, -0.2) is 0 Å². The molecule has 0 aromatic carbocycles. The average molecular weight is 174 g/mol. The molecule has 0 spiro atoms. The van der Waals surface area contributed by atoms with Gasteiger partial charge in [0.25, 0.3) is 0 Å². The quantitative estimate of drug-likeness (QED) is 0.556. The molecule has 0 saturated heterocycles. The maximum atomic E-state index is 2.26. The van der Waals surface area contributed by atoms with E-state index in [4.69, 9.17) is 0 Å². The Morgan fingerprint density at radius 3 is 0.917 bits per heavy atom. The minimum absolute atomic E-state index is 0. The molecular weight excluding hydrogens is 144 g/mol. The van der Waals surface area contributed by atoms with E-state index in [2.05, 4.69) is 41.5 Å². The molecule has 0 heteroatoms. The third kappa shape index (κ3) is 22.5. The Morgan fingerprint density at radius 2 is 0.917 bits per heavy atom. The zero-order chi connectivity index (χ0) is 9.28. The Bertz CT molecular complexity index is 42.8. The maximum Gasteiger partial charge on any atom is -0.0422 e. The summed E-state index contributed by atoms with van der Waals surface area (Å²) in [5, 5.41) is 0. The Labute approximate surface area is 80.8 Å². The van der Waals surface area contributed by atoms with Crippen LogP contribution < -0.4 is 0 Å². The Balaban J connectivity index is -0.000000142. The molecule has 78 valence electrons. The van der Waals surface area contributed by atoms with E-state index in [-0.39, 0.29) is 7.43 Å². The first-order valence-corrected chi connectivity index (χ1v) is 5.08. The summed E-state index contributed by atoms with van der Waals surface area (Å²) < 4.78 is 0. The van der Waals surface area contributed by atoms with Gasteiger partial charge in [0, 0.05) is 0 Å². The zero-order valence-electron chi connectivity index (χ0n) is 9.28. The van der Waals surface area contributed by atoms with Crippen LogP contribution in [0.1, 0.15) is 68.2 Å². The topological polar surface area (TPSA) is 0 Å². The van der Waals surface area contributed by atoms with Crippen LogP contribution in [0.2, 0.25) is 0 Å². The van der Waals surface area contributed by atoms with Crippen LogP contribution in [0.3, 0.4) is 0 Å². The largest absolute Gasteiger partial charge is 0.0776 e. The van der Waals surface area contributed by atoms with Crippen LogP contribution in [0, 0.1) is 11.8 Å². The molecular formula is C12H30. The van der Waals surface area contributed by atoms with Gasteiger partial charge in [-0.2, -0.15) is 0 Å². The second-order valence-electron chi connectivity index (χ2n) is 3.82. The second-order valence-corrected chi connectivity index (χ2v) is 3.82. The third-order valence-corrected chi connectivity index (χ3v) is 1.73. The molecule has 0 aromatic rings. The molecule has 0 radical (unpaired) electrons. The van der Waals surface area contributed by atoms with E-state index in [9.17, 15) is 0 Å². The van der Waals surface area contributed by atoms with E-state index in [0.29, 0.717) is 0 Å². The molecule has 0 unspecified atom stereocenters. The fourth-order valence-corrected chi connectivity index (χ4v) is 0.866. The zero-order valence-corrected chi connectivity index (χ0v) is 9.28. The standard InChI is InChI=1S/C7H16.C4H10.CH4/c1-4-7(5-2)6-3;1-4(2)3;/h7H,4-6H2,1-3H3;4H,1-3H3;1H4. The Hall–Kier alpha value is 0. The van der Waals surface area contributed by atoms with E-state index >= 15 is 0 Å². The van der Waals surface area contributed by atoms with Gasteiger partial charge < -0.3 is 0 Å². The normalized spacial score (nSPS) is 9.00. The summed E-state index contributed by atoms with van der Waals surface area (Å²) in [6, 6.07) is 0. The van der Waals surface area contributed by atoms with Gasteiger partial charge in [-0.15, -0.1) is 0 Å². The van der Waals surface area contributed by atoms with Crippen molar-refractivity contribution in [3.63, 3.8) is 0 Å². The summed E-state index contributed by atoms with van der Waals surface area (Å²) in [4.78, 5) is 0. The summed E-state index contributed by atoms with van der Waals surface area (Å²) in [5.41, 5.74) is 0. The van der Waals surface area contributed by atoms with Crippen molar-refractivity contribution in [3.05, 3.63) is 0 Å². The predicted octanol–water partition coefficient (Wildman–Crippen LogP) is 5.13. The van der Waals surface area contributed by atoms with Crippen LogP contribution in [0.25, 0.3) is 0 Å². The fourth-order valence-electron chi connectivity index (χ4n) is 0.866. The highest BCUT2D eigenvalue weighted by molar-refractivity contribution is 4.48. The minimum Gasteiger partial charge on any atom is -0.0776 e. The van der Waals surface area contributed by atoms with Gasteiger partial charge in [0.1, 0.15) is 0 Å². The smallest absolute Gasteiger partial charge is 0.0422 e. The molecule has 0 N–H and O–H groups in total. The van der Waals surface area contributed by atoms with Gasteiger partial charge in [0.2, 0.25) is 0 Å². The van der Waals surface area contributed by atoms with Crippen LogP contribution in [0.15, 0.2) is 0 Å². The van der Waals surface area contributed by atoms with Crippen LogP contribution in [0.5, 0.6) is 0 Å². The lowest BCUT2D eigenvalue weighted by Crippen LogP contribution is -1.91. The molecule has 0 atom stereocenters. The average Bonchev–Trinajstić information content (AvgIpc) is 1.90. The first-order valence-electron chi connectivity index (χ1n) is 5.08. The molecule has 0 aliphatic carbocycles. The van der Waals surface area contributed by atoms with Crippen molar-refractivity contribution in [1.29, 1.82) is 0 Å². The van der Waals surface area contributed by atoms with Crippen LogP contribution >= 0.6 is 0 Å². The van der Waals surface area contributed by atoms with Crippen molar-refractivity contribution in [3.8, 4) is 0 Å². The second kappa shape index (κ2) is 13.6. The van der Waals surface area contributed by atoms with E-state index in [0.717, 1.165) is 11.8 Å². The van der Waals surface area contributed by atoms with Crippen molar-refractivity contribution < 1.29 is 0 Å². The molecule has 0 saturated carbocycles. The highest BCUT2D eigenvalue weighted by atomic mass is 14.0. The van der Waals surface area contributed by atoms with Crippen molar-refractivity contribution in [2.45, 2.75) is 68.2 Å². The van der Waals surface area contributed by atoms with E-state index in [1.165, 1.54) is 19.3 Å².